The normalized spacial score (nSPS) is 10.5. The van der Waals surface area contributed by atoms with Gasteiger partial charge in [-0.1, -0.05) is 12.1 Å². The summed E-state index contributed by atoms with van der Waals surface area (Å²) in [5.74, 6) is -0.792. The van der Waals surface area contributed by atoms with E-state index in [4.69, 9.17) is 5.26 Å². The fraction of sp³-hybridized carbons (Fsp3) is 0.214. The molecule has 0 saturated carbocycles. The van der Waals surface area contributed by atoms with Gasteiger partial charge in [0.05, 0.1) is 12.7 Å². The summed E-state index contributed by atoms with van der Waals surface area (Å²) in [5.41, 5.74) is 1.12. The van der Waals surface area contributed by atoms with Crippen LogP contribution in [0.2, 0.25) is 0 Å². The molecule has 5 heteroatoms. The Morgan fingerprint density at radius 1 is 1.26 bits per heavy atom. The largest absolute Gasteiger partial charge is 0.465 e. The Labute approximate surface area is 111 Å². The van der Waals surface area contributed by atoms with Gasteiger partial charge < -0.3 is 9.64 Å². The van der Waals surface area contributed by atoms with Crippen LogP contribution < -0.4 is 0 Å². The molecule has 0 heterocycles. The first-order chi connectivity index (χ1) is 8.99. The summed E-state index contributed by atoms with van der Waals surface area (Å²) in [7, 11) is 4.46. The van der Waals surface area contributed by atoms with Crippen molar-refractivity contribution in [2.75, 3.05) is 21.2 Å². The number of benzene rings is 1. The summed E-state index contributed by atoms with van der Waals surface area (Å²) >= 11 is 0. The second kappa shape index (κ2) is 6.36. The number of nitrogens with zero attached hydrogens (tertiary/aromatic N) is 2. The lowest BCUT2D eigenvalue weighted by Crippen LogP contribution is -2.22. The van der Waals surface area contributed by atoms with Gasteiger partial charge in [0, 0.05) is 14.1 Å². The molecule has 0 saturated heterocycles. The van der Waals surface area contributed by atoms with Crippen molar-refractivity contribution in [3.8, 4) is 6.07 Å². The third kappa shape index (κ3) is 3.68. The maximum atomic E-state index is 11.7. The van der Waals surface area contributed by atoms with E-state index in [0.717, 1.165) is 0 Å². The van der Waals surface area contributed by atoms with Crippen molar-refractivity contribution in [3.05, 3.63) is 41.0 Å². The van der Waals surface area contributed by atoms with Crippen molar-refractivity contribution in [3.63, 3.8) is 0 Å². The molecular formula is C14H14N2O3. The minimum Gasteiger partial charge on any atom is -0.465 e. The molecule has 0 fully saturated rings. The topological polar surface area (TPSA) is 70.4 Å². The van der Waals surface area contributed by atoms with Gasteiger partial charge >= 0.3 is 5.97 Å². The van der Waals surface area contributed by atoms with Gasteiger partial charge in [0.2, 0.25) is 0 Å². The van der Waals surface area contributed by atoms with Crippen LogP contribution in [-0.4, -0.2) is 38.0 Å². The van der Waals surface area contributed by atoms with Gasteiger partial charge in [0.25, 0.3) is 5.91 Å². The number of carbonyl (C=O) groups excluding carboxylic acids is 2. The zero-order chi connectivity index (χ0) is 14.4. The Morgan fingerprint density at radius 2 is 1.84 bits per heavy atom. The zero-order valence-corrected chi connectivity index (χ0v) is 11.0. The van der Waals surface area contributed by atoms with Crippen LogP contribution in [0.15, 0.2) is 29.8 Å². The van der Waals surface area contributed by atoms with Crippen molar-refractivity contribution in [1.82, 2.24) is 4.90 Å². The predicted octanol–water partition coefficient (Wildman–Crippen LogP) is 1.47. The molecule has 0 aliphatic carbocycles. The lowest BCUT2D eigenvalue weighted by Gasteiger charge is -2.08. The number of ether oxygens (including phenoxy) is 1. The molecule has 0 atom stereocenters. The summed E-state index contributed by atoms with van der Waals surface area (Å²) in [6, 6.07) is 8.30. The lowest BCUT2D eigenvalue weighted by molar-refractivity contribution is -0.124. The number of amides is 1. The van der Waals surface area contributed by atoms with E-state index in [-0.39, 0.29) is 11.5 Å². The average Bonchev–Trinajstić information content (AvgIpc) is 2.43. The maximum Gasteiger partial charge on any atom is 0.337 e. The molecular weight excluding hydrogens is 244 g/mol. The summed E-state index contributed by atoms with van der Waals surface area (Å²) in [6.07, 6.45) is 1.48. The SMILES string of the molecule is COC(=O)c1ccc(/C=C(\C#N)C(=O)N(C)C)cc1. The Kier molecular flexibility index (Phi) is 4.84. The summed E-state index contributed by atoms with van der Waals surface area (Å²) in [5, 5.41) is 8.95. The Hall–Kier alpha value is -2.61. The smallest absolute Gasteiger partial charge is 0.337 e. The third-order valence-electron chi connectivity index (χ3n) is 2.40. The van der Waals surface area contributed by atoms with E-state index >= 15 is 0 Å². The van der Waals surface area contributed by atoms with E-state index in [0.29, 0.717) is 11.1 Å². The molecule has 5 nitrogen and oxygen atoms in total. The molecule has 19 heavy (non-hydrogen) atoms. The van der Waals surface area contributed by atoms with E-state index in [1.807, 2.05) is 6.07 Å². The number of rotatable bonds is 3. The molecule has 1 amide bonds. The number of likely N-dealkylation sites (N-methyl/N-ethyl adjacent to an activating group) is 1. The molecule has 0 spiro atoms. The number of carbonyl (C=O) groups is 2. The summed E-state index contributed by atoms with van der Waals surface area (Å²) in [4.78, 5) is 24.2. The van der Waals surface area contributed by atoms with Crippen LogP contribution in [0, 0.1) is 11.3 Å². The lowest BCUT2D eigenvalue weighted by atomic mass is 10.1. The number of methoxy groups -OCH3 is 1. The van der Waals surface area contributed by atoms with Crippen LogP contribution >= 0.6 is 0 Å². The molecule has 98 valence electrons. The van der Waals surface area contributed by atoms with E-state index in [2.05, 4.69) is 4.74 Å². The van der Waals surface area contributed by atoms with Crippen LogP contribution in [0.5, 0.6) is 0 Å². The molecule has 0 N–H and O–H groups in total. The summed E-state index contributed by atoms with van der Waals surface area (Å²) in [6.45, 7) is 0. The zero-order valence-electron chi connectivity index (χ0n) is 11.0. The monoisotopic (exact) mass is 258 g/mol. The molecule has 1 aromatic carbocycles. The predicted molar refractivity (Wildman–Crippen MR) is 70.1 cm³/mol. The van der Waals surface area contributed by atoms with Crippen molar-refractivity contribution >= 4 is 18.0 Å². The van der Waals surface area contributed by atoms with Crippen molar-refractivity contribution < 1.29 is 14.3 Å². The van der Waals surface area contributed by atoms with Crippen LogP contribution in [0.1, 0.15) is 15.9 Å². The first-order valence-electron chi connectivity index (χ1n) is 5.51. The quantitative estimate of drug-likeness (QED) is 0.467. The van der Waals surface area contributed by atoms with Crippen LogP contribution in [0.25, 0.3) is 6.08 Å². The van der Waals surface area contributed by atoms with E-state index in [1.54, 1.807) is 38.4 Å². The number of hydrogen-bond acceptors (Lipinski definition) is 4. The Morgan fingerprint density at radius 3 is 2.26 bits per heavy atom. The molecule has 0 aromatic heterocycles. The molecule has 0 aliphatic heterocycles. The highest BCUT2D eigenvalue weighted by Crippen LogP contribution is 2.11. The van der Waals surface area contributed by atoms with E-state index in [9.17, 15) is 9.59 Å². The summed E-state index contributed by atoms with van der Waals surface area (Å²) < 4.78 is 4.58. The molecule has 0 bridgehead atoms. The van der Waals surface area contributed by atoms with Crippen molar-refractivity contribution in [1.29, 1.82) is 5.26 Å². The van der Waals surface area contributed by atoms with E-state index < -0.39 is 5.97 Å². The highest BCUT2D eigenvalue weighted by atomic mass is 16.5. The number of nitriles is 1. The van der Waals surface area contributed by atoms with Gasteiger partial charge in [0.1, 0.15) is 11.6 Å². The molecule has 1 aromatic rings. The maximum absolute atomic E-state index is 11.7. The first kappa shape index (κ1) is 14.5. The fourth-order valence-corrected chi connectivity index (χ4v) is 1.38. The molecule has 0 aliphatic rings. The molecule has 0 radical (unpaired) electrons. The highest BCUT2D eigenvalue weighted by molar-refractivity contribution is 6.01. The second-order valence-electron chi connectivity index (χ2n) is 3.98. The van der Waals surface area contributed by atoms with Crippen molar-refractivity contribution in [2.24, 2.45) is 0 Å². The van der Waals surface area contributed by atoms with Gasteiger partial charge in [-0.15, -0.1) is 0 Å². The first-order valence-corrected chi connectivity index (χ1v) is 5.51. The Balaban J connectivity index is 3.02. The number of hydrogen-bond donors (Lipinski definition) is 0. The Bertz CT molecular complexity index is 551. The van der Waals surface area contributed by atoms with E-state index in [1.165, 1.54) is 18.1 Å². The van der Waals surface area contributed by atoms with Crippen LogP contribution in [0.3, 0.4) is 0 Å². The van der Waals surface area contributed by atoms with Gasteiger partial charge in [-0.2, -0.15) is 5.26 Å². The van der Waals surface area contributed by atoms with Crippen molar-refractivity contribution in [2.45, 2.75) is 0 Å². The van der Waals surface area contributed by atoms with Gasteiger partial charge in [-0.3, -0.25) is 4.79 Å². The van der Waals surface area contributed by atoms with Gasteiger partial charge in [-0.05, 0) is 23.8 Å². The van der Waals surface area contributed by atoms with Gasteiger partial charge in [0.15, 0.2) is 0 Å². The minimum atomic E-state index is -0.430. The fourth-order valence-electron chi connectivity index (χ4n) is 1.38. The molecule has 1 rings (SSSR count). The van der Waals surface area contributed by atoms with Gasteiger partial charge in [-0.25, -0.2) is 4.79 Å². The third-order valence-corrected chi connectivity index (χ3v) is 2.40. The van der Waals surface area contributed by atoms with Crippen LogP contribution in [-0.2, 0) is 9.53 Å². The number of esters is 1. The second-order valence-corrected chi connectivity index (χ2v) is 3.98. The minimum absolute atomic E-state index is 0.0378. The highest BCUT2D eigenvalue weighted by Gasteiger charge is 2.11. The average molecular weight is 258 g/mol. The van der Waals surface area contributed by atoms with Crippen LogP contribution in [0.4, 0.5) is 0 Å². The standard InChI is InChI=1S/C14H14N2O3/c1-16(2)13(17)12(9-15)8-10-4-6-11(7-5-10)14(18)19-3/h4-8H,1-3H3/b12-8+. The molecule has 0 unspecified atom stereocenters.